The van der Waals surface area contributed by atoms with Crippen molar-refractivity contribution in [2.45, 2.75) is 18.9 Å². The van der Waals surface area contributed by atoms with Gasteiger partial charge in [-0.3, -0.25) is 0 Å². The molecule has 0 amide bonds. The maximum Gasteiger partial charge on any atom is 0.0642 e. The van der Waals surface area contributed by atoms with Crippen LogP contribution in [0.25, 0.3) is 0 Å². The summed E-state index contributed by atoms with van der Waals surface area (Å²) in [5, 5.41) is 7.04. The van der Waals surface area contributed by atoms with Crippen LogP contribution in [0.4, 0.5) is 11.4 Å². The van der Waals surface area contributed by atoms with Gasteiger partial charge in [0.05, 0.1) is 13.2 Å². The number of rotatable bonds is 3. The van der Waals surface area contributed by atoms with Gasteiger partial charge in [0.25, 0.3) is 0 Å². The summed E-state index contributed by atoms with van der Waals surface area (Å²) < 4.78 is 5.38. The van der Waals surface area contributed by atoms with Gasteiger partial charge in [0, 0.05) is 37.1 Å². The lowest BCUT2D eigenvalue weighted by atomic mass is 10.1. The number of hydrogen-bond acceptors (Lipinski definition) is 4. The average molecular weight is 261 g/mol. The van der Waals surface area contributed by atoms with E-state index in [0.29, 0.717) is 6.04 Å². The average Bonchev–Trinajstić information content (AvgIpc) is 2.50. The molecule has 0 aliphatic carbocycles. The van der Waals surface area contributed by atoms with Crippen LogP contribution in [0.2, 0.25) is 0 Å². The maximum atomic E-state index is 5.38. The van der Waals surface area contributed by atoms with Crippen LogP contribution in [0.3, 0.4) is 0 Å². The number of benzene rings is 1. The molecule has 2 aliphatic heterocycles. The van der Waals surface area contributed by atoms with Crippen LogP contribution in [0.5, 0.6) is 0 Å². The third-order valence-corrected chi connectivity index (χ3v) is 3.91. The molecule has 0 spiro atoms. The minimum absolute atomic E-state index is 0.572. The highest BCUT2D eigenvalue weighted by Crippen LogP contribution is 2.20. The van der Waals surface area contributed by atoms with Crippen LogP contribution in [0.1, 0.15) is 12.8 Å². The van der Waals surface area contributed by atoms with Gasteiger partial charge in [-0.2, -0.15) is 0 Å². The highest BCUT2D eigenvalue weighted by molar-refractivity contribution is 5.55. The van der Waals surface area contributed by atoms with Gasteiger partial charge in [0.1, 0.15) is 0 Å². The Balaban J connectivity index is 1.58. The van der Waals surface area contributed by atoms with Crippen molar-refractivity contribution in [1.29, 1.82) is 0 Å². The third kappa shape index (κ3) is 3.39. The van der Waals surface area contributed by atoms with E-state index < -0.39 is 0 Å². The number of piperidine rings is 1. The van der Waals surface area contributed by atoms with Crippen molar-refractivity contribution in [3.63, 3.8) is 0 Å². The molecule has 1 unspecified atom stereocenters. The SMILES string of the molecule is c1cc(N2CCOCC2)ccc1NC1CCCNC1. The number of anilines is 2. The van der Waals surface area contributed by atoms with Crippen LogP contribution < -0.4 is 15.5 Å². The molecule has 1 atom stereocenters. The Kier molecular flexibility index (Phi) is 4.20. The fourth-order valence-electron chi connectivity index (χ4n) is 2.80. The van der Waals surface area contributed by atoms with Crippen molar-refractivity contribution in [3.8, 4) is 0 Å². The quantitative estimate of drug-likeness (QED) is 0.868. The molecule has 0 saturated carbocycles. The number of nitrogens with zero attached hydrogens (tertiary/aromatic N) is 1. The summed E-state index contributed by atoms with van der Waals surface area (Å²) in [5.41, 5.74) is 2.53. The molecule has 2 fully saturated rings. The summed E-state index contributed by atoms with van der Waals surface area (Å²) in [6, 6.07) is 9.38. The standard InChI is InChI=1S/C15H23N3O/c1-2-14(12-16-7-1)17-13-3-5-15(6-4-13)18-8-10-19-11-9-18/h3-6,14,16-17H,1-2,7-12H2. The summed E-state index contributed by atoms with van der Waals surface area (Å²) in [6.07, 6.45) is 2.53. The van der Waals surface area contributed by atoms with E-state index in [0.717, 1.165) is 39.4 Å². The van der Waals surface area contributed by atoms with E-state index in [-0.39, 0.29) is 0 Å². The van der Waals surface area contributed by atoms with Gasteiger partial charge in [-0.05, 0) is 43.7 Å². The van der Waals surface area contributed by atoms with E-state index in [2.05, 4.69) is 39.8 Å². The van der Waals surface area contributed by atoms with Gasteiger partial charge >= 0.3 is 0 Å². The third-order valence-electron chi connectivity index (χ3n) is 3.91. The first-order chi connectivity index (χ1) is 9.42. The molecule has 4 nitrogen and oxygen atoms in total. The van der Waals surface area contributed by atoms with Crippen molar-refractivity contribution in [3.05, 3.63) is 24.3 Å². The maximum absolute atomic E-state index is 5.38. The normalized spacial score (nSPS) is 24.2. The molecule has 0 bridgehead atoms. The van der Waals surface area contributed by atoms with Crippen LogP contribution in [-0.2, 0) is 4.74 Å². The highest BCUT2D eigenvalue weighted by Gasteiger charge is 2.13. The van der Waals surface area contributed by atoms with E-state index in [1.165, 1.54) is 24.2 Å². The molecule has 1 aromatic rings. The first-order valence-corrected chi connectivity index (χ1v) is 7.32. The lowest BCUT2D eigenvalue weighted by molar-refractivity contribution is 0.122. The second-order valence-electron chi connectivity index (χ2n) is 5.33. The van der Waals surface area contributed by atoms with Crippen LogP contribution >= 0.6 is 0 Å². The second-order valence-corrected chi connectivity index (χ2v) is 5.33. The summed E-state index contributed by atoms with van der Waals surface area (Å²) in [6.45, 7) is 5.92. The number of ether oxygens (including phenoxy) is 1. The predicted octanol–water partition coefficient (Wildman–Crippen LogP) is 1.69. The van der Waals surface area contributed by atoms with Crippen LogP contribution in [0, 0.1) is 0 Å². The zero-order valence-corrected chi connectivity index (χ0v) is 11.4. The van der Waals surface area contributed by atoms with Crippen molar-refractivity contribution < 1.29 is 4.74 Å². The Bertz CT molecular complexity index is 381. The van der Waals surface area contributed by atoms with Crippen molar-refractivity contribution in [2.24, 2.45) is 0 Å². The van der Waals surface area contributed by atoms with Gasteiger partial charge in [-0.1, -0.05) is 0 Å². The Morgan fingerprint density at radius 2 is 1.95 bits per heavy atom. The first-order valence-electron chi connectivity index (χ1n) is 7.32. The minimum atomic E-state index is 0.572. The fourth-order valence-corrected chi connectivity index (χ4v) is 2.80. The largest absolute Gasteiger partial charge is 0.381 e. The van der Waals surface area contributed by atoms with Gasteiger partial charge in [0.15, 0.2) is 0 Å². The summed E-state index contributed by atoms with van der Waals surface area (Å²) in [7, 11) is 0. The van der Waals surface area contributed by atoms with Gasteiger partial charge in [0.2, 0.25) is 0 Å². The lowest BCUT2D eigenvalue weighted by Crippen LogP contribution is -2.38. The van der Waals surface area contributed by atoms with Crippen LogP contribution in [0.15, 0.2) is 24.3 Å². The number of morpholine rings is 1. The van der Waals surface area contributed by atoms with E-state index in [1.54, 1.807) is 0 Å². The van der Waals surface area contributed by atoms with E-state index in [1.807, 2.05) is 0 Å². The molecular weight excluding hydrogens is 238 g/mol. The fraction of sp³-hybridized carbons (Fsp3) is 0.600. The second kappa shape index (κ2) is 6.26. The molecule has 2 heterocycles. The predicted molar refractivity (Wildman–Crippen MR) is 79.0 cm³/mol. The van der Waals surface area contributed by atoms with Gasteiger partial charge in [-0.25, -0.2) is 0 Å². The van der Waals surface area contributed by atoms with Gasteiger partial charge < -0.3 is 20.3 Å². The topological polar surface area (TPSA) is 36.5 Å². The van der Waals surface area contributed by atoms with Crippen molar-refractivity contribution in [1.82, 2.24) is 5.32 Å². The highest BCUT2D eigenvalue weighted by atomic mass is 16.5. The lowest BCUT2D eigenvalue weighted by Gasteiger charge is -2.29. The minimum Gasteiger partial charge on any atom is -0.381 e. The Hall–Kier alpha value is -1.26. The number of hydrogen-bond donors (Lipinski definition) is 2. The smallest absolute Gasteiger partial charge is 0.0642 e. The molecule has 0 radical (unpaired) electrons. The van der Waals surface area contributed by atoms with E-state index >= 15 is 0 Å². The molecule has 2 saturated heterocycles. The Morgan fingerprint density at radius 3 is 2.63 bits per heavy atom. The Labute approximate surface area is 115 Å². The van der Waals surface area contributed by atoms with Gasteiger partial charge in [-0.15, -0.1) is 0 Å². The summed E-state index contributed by atoms with van der Waals surface area (Å²) >= 11 is 0. The molecule has 2 N–H and O–H groups in total. The van der Waals surface area contributed by atoms with Crippen molar-refractivity contribution >= 4 is 11.4 Å². The summed E-state index contributed by atoms with van der Waals surface area (Å²) in [4.78, 5) is 2.38. The molecule has 2 aliphatic rings. The molecule has 19 heavy (non-hydrogen) atoms. The Morgan fingerprint density at radius 1 is 1.16 bits per heavy atom. The number of nitrogens with one attached hydrogen (secondary N) is 2. The zero-order valence-electron chi connectivity index (χ0n) is 11.4. The molecule has 0 aromatic heterocycles. The molecule has 4 heteroatoms. The molecule has 1 aromatic carbocycles. The molecule has 104 valence electrons. The molecular formula is C15H23N3O. The van der Waals surface area contributed by atoms with Crippen LogP contribution in [-0.4, -0.2) is 45.4 Å². The first kappa shape index (κ1) is 12.8. The zero-order chi connectivity index (χ0) is 12.9. The monoisotopic (exact) mass is 261 g/mol. The van der Waals surface area contributed by atoms with E-state index in [9.17, 15) is 0 Å². The summed E-state index contributed by atoms with van der Waals surface area (Å²) in [5.74, 6) is 0. The van der Waals surface area contributed by atoms with E-state index in [4.69, 9.17) is 4.74 Å². The molecule has 3 rings (SSSR count). The van der Waals surface area contributed by atoms with Crippen molar-refractivity contribution in [2.75, 3.05) is 49.6 Å².